The Morgan fingerprint density at radius 1 is 1.38 bits per heavy atom. The first-order chi connectivity index (χ1) is 7.75. The van der Waals surface area contributed by atoms with Gasteiger partial charge in [-0.05, 0) is 54.1 Å². The minimum atomic E-state index is 0.450. The van der Waals surface area contributed by atoms with Crippen LogP contribution in [0.1, 0.15) is 16.2 Å². The molecule has 0 saturated carbocycles. The smallest absolute Gasteiger partial charge is 0.193 e. The van der Waals surface area contributed by atoms with Crippen LogP contribution in [-0.2, 0) is 13.0 Å². The normalized spacial score (nSPS) is 10.9. The summed E-state index contributed by atoms with van der Waals surface area (Å²) < 4.78 is 5.25. The summed E-state index contributed by atoms with van der Waals surface area (Å²) in [7, 11) is 0. The highest BCUT2D eigenvalue weighted by Crippen LogP contribution is 2.16. The number of rotatable bonds is 5. The maximum atomic E-state index is 5.68. The van der Waals surface area contributed by atoms with E-state index in [1.165, 1.54) is 10.4 Å². The van der Waals surface area contributed by atoms with Crippen molar-refractivity contribution in [3.63, 3.8) is 0 Å². The van der Waals surface area contributed by atoms with Crippen molar-refractivity contribution in [2.75, 3.05) is 6.54 Å². The van der Waals surface area contributed by atoms with Gasteiger partial charge in [0.1, 0.15) is 5.76 Å². The standard InChI is InChI=1S/C12H14ClNOS/c1-9-5-7-16-11(9)4-6-14-8-10-2-3-12(13)15-10/h2-3,5,7,14H,4,6,8H2,1H3. The molecule has 16 heavy (non-hydrogen) atoms. The third-order valence-corrected chi connectivity index (χ3v) is 3.71. The molecule has 2 aromatic heterocycles. The van der Waals surface area contributed by atoms with Crippen LogP contribution in [0.15, 0.2) is 28.0 Å². The van der Waals surface area contributed by atoms with Gasteiger partial charge in [-0.3, -0.25) is 0 Å². The first-order valence-corrected chi connectivity index (χ1v) is 6.49. The number of nitrogens with one attached hydrogen (secondary N) is 1. The summed E-state index contributed by atoms with van der Waals surface area (Å²) >= 11 is 7.50. The fourth-order valence-corrected chi connectivity index (χ4v) is 2.59. The third kappa shape index (κ3) is 3.11. The second-order valence-electron chi connectivity index (χ2n) is 3.66. The summed E-state index contributed by atoms with van der Waals surface area (Å²) in [5, 5.41) is 5.92. The molecule has 0 amide bonds. The van der Waals surface area contributed by atoms with Crippen molar-refractivity contribution in [3.8, 4) is 0 Å². The van der Waals surface area contributed by atoms with E-state index in [9.17, 15) is 0 Å². The van der Waals surface area contributed by atoms with Crippen LogP contribution in [-0.4, -0.2) is 6.54 Å². The van der Waals surface area contributed by atoms with Gasteiger partial charge in [-0.15, -0.1) is 11.3 Å². The van der Waals surface area contributed by atoms with Crippen molar-refractivity contribution in [1.82, 2.24) is 5.32 Å². The summed E-state index contributed by atoms with van der Waals surface area (Å²) in [5.74, 6) is 0.882. The molecule has 0 unspecified atom stereocenters. The predicted molar refractivity (Wildman–Crippen MR) is 68.2 cm³/mol. The van der Waals surface area contributed by atoms with Crippen molar-refractivity contribution in [3.05, 3.63) is 45.0 Å². The van der Waals surface area contributed by atoms with Crippen LogP contribution in [0.2, 0.25) is 5.22 Å². The van der Waals surface area contributed by atoms with Gasteiger partial charge < -0.3 is 9.73 Å². The quantitative estimate of drug-likeness (QED) is 0.826. The molecule has 0 aromatic carbocycles. The SMILES string of the molecule is Cc1ccsc1CCNCc1ccc(Cl)o1. The van der Waals surface area contributed by atoms with E-state index >= 15 is 0 Å². The van der Waals surface area contributed by atoms with E-state index in [1.807, 2.05) is 17.4 Å². The summed E-state index contributed by atoms with van der Waals surface area (Å²) in [6.07, 6.45) is 1.07. The molecule has 0 aliphatic rings. The number of furan rings is 1. The fourth-order valence-electron chi connectivity index (χ4n) is 1.52. The Bertz CT molecular complexity index is 449. The number of aryl methyl sites for hydroxylation is 1. The lowest BCUT2D eigenvalue weighted by Gasteiger charge is -2.02. The fraction of sp³-hybridized carbons (Fsp3) is 0.333. The molecule has 2 nitrogen and oxygen atoms in total. The molecular weight excluding hydrogens is 242 g/mol. The van der Waals surface area contributed by atoms with Gasteiger partial charge in [0.15, 0.2) is 5.22 Å². The molecule has 0 fully saturated rings. The average Bonchev–Trinajstić information content (AvgIpc) is 2.83. The van der Waals surface area contributed by atoms with Crippen molar-refractivity contribution in [2.45, 2.75) is 19.9 Å². The topological polar surface area (TPSA) is 25.2 Å². The molecule has 0 aliphatic heterocycles. The first kappa shape index (κ1) is 11.7. The maximum absolute atomic E-state index is 5.68. The minimum Gasteiger partial charge on any atom is -0.448 e. The zero-order chi connectivity index (χ0) is 11.4. The van der Waals surface area contributed by atoms with Gasteiger partial charge in [-0.2, -0.15) is 0 Å². The summed E-state index contributed by atoms with van der Waals surface area (Å²) in [6, 6.07) is 5.82. The molecular formula is C12H14ClNOS. The van der Waals surface area contributed by atoms with Crippen LogP contribution in [0.4, 0.5) is 0 Å². The van der Waals surface area contributed by atoms with Crippen LogP contribution in [0.5, 0.6) is 0 Å². The lowest BCUT2D eigenvalue weighted by atomic mass is 10.2. The average molecular weight is 256 g/mol. The predicted octanol–water partition coefficient (Wildman–Crippen LogP) is 3.64. The molecule has 0 radical (unpaired) electrons. The Morgan fingerprint density at radius 3 is 2.88 bits per heavy atom. The van der Waals surface area contributed by atoms with E-state index in [1.54, 1.807) is 6.07 Å². The zero-order valence-corrected chi connectivity index (χ0v) is 10.7. The van der Waals surface area contributed by atoms with Crippen LogP contribution in [0, 0.1) is 6.92 Å². The van der Waals surface area contributed by atoms with Crippen LogP contribution >= 0.6 is 22.9 Å². The van der Waals surface area contributed by atoms with E-state index in [-0.39, 0.29) is 0 Å². The largest absolute Gasteiger partial charge is 0.448 e. The third-order valence-electron chi connectivity index (χ3n) is 2.43. The van der Waals surface area contributed by atoms with Crippen LogP contribution < -0.4 is 5.32 Å². The molecule has 0 aliphatic carbocycles. The Morgan fingerprint density at radius 2 is 2.25 bits per heavy atom. The first-order valence-electron chi connectivity index (χ1n) is 5.23. The summed E-state index contributed by atoms with van der Waals surface area (Å²) in [6.45, 7) is 3.84. The van der Waals surface area contributed by atoms with Crippen molar-refractivity contribution in [1.29, 1.82) is 0 Å². The van der Waals surface area contributed by atoms with Crippen molar-refractivity contribution < 1.29 is 4.42 Å². The molecule has 0 atom stereocenters. The second-order valence-corrected chi connectivity index (χ2v) is 5.03. The molecule has 0 saturated heterocycles. The van der Waals surface area contributed by atoms with E-state index < -0.39 is 0 Å². The monoisotopic (exact) mass is 255 g/mol. The Balaban J connectivity index is 1.71. The molecule has 2 aromatic rings. The summed E-state index contributed by atoms with van der Waals surface area (Å²) in [5.41, 5.74) is 1.38. The van der Waals surface area contributed by atoms with Crippen LogP contribution in [0.3, 0.4) is 0 Å². The highest BCUT2D eigenvalue weighted by atomic mass is 35.5. The molecule has 4 heteroatoms. The van der Waals surface area contributed by atoms with Gasteiger partial charge in [0.05, 0.1) is 6.54 Å². The Hall–Kier alpha value is -0.770. The van der Waals surface area contributed by atoms with E-state index in [2.05, 4.69) is 23.7 Å². The zero-order valence-electron chi connectivity index (χ0n) is 9.13. The van der Waals surface area contributed by atoms with Gasteiger partial charge in [0.2, 0.25) is 0 Å². The number of halogens is 1. The van der Waals surface area contributed by atoms with E-state index in [0.29, 0.717) is 5.22 Å². The molecule has 2 rings (SSSR count). The Kier molecular flexibility index (Phi) is 4.04. The number of thiophene rings is 1. The van der Waals surface area contributed by atoms with Crippen molar-refractivity contribution in [2.24, 2.45) is 0 Å². The highest BCUT2D eigenvalue weighted by Gasteiger charge is 2.01. The van der Waals surface area contributed by atoms with E-state index in [4.69, 9.17) is 16.0 Å². The molecule has 2 heterocycles. The summed E-state index contributed by atoms with van der Waals surface area (Å²) in [4.78, 5) is 1.45. The van der Waals surface area contributed by atoms with Crippen LogP contribution in [0.25, 0.3) is 0 Å². The van der Waals surface area contributed by atoms with Gasteiger partial charge in [0.25, 0.3) is 0 Å². The van der Waals surface area contributed by atoms with E-state index in [0.717, 1.165) is 25.3 Å². The lowest BCUT2D eigenvalue weighted by molar-refractivity contribution is 0.486. The molecule has 86 valence electrons. The number of hydrogen-bond donors (Lipinski definition) is 1. The molecule has 0 spiro atoms. The van der Waals surface area contributed by atoms with Gasteiger partial charge >= 0.3 is 0 Å². The highest BCUT2D eigenvalue weighted by molar-refractivity contribution is 7.10. The molecule has 1 N–H and O–H groups in total. The van der Waals surface area contributed by atoms with Gasteiger partial charge in [-0.1, -0.05) is 0 Å². The van der Waals surface area contributed by atoms with Gasteiger partial charge in [0, 0.05) is 11.4 Å². The maximum Gasteiger partial charge on any atom is 0.193 e. The van der Waals surface area contributed by atoms with Gasteiger partial charge in [-0.25, -0.2) is 0 Å². The molecule has 0 bridgehead atoms. The minimum absolute atomic E-state index is 0.450. The van der Waals surface area contributed by atoms with Crippen molar-refractivity contribution >= 4 is 22.9 Å². The second kappa shape index (κ2) is 5.53. The lowest BCUT2D eigenvalue weighted by Crippen LogP contribution is -2.16. The Labute approximate surface area is 104 Å². The number of hydrogen-bond acceptors (Lipinski definition) is 3.